The molecule has 2 fully saturated rings. The Morgan fingerprint density at radius 1 is 0.963 bits per heavy atom. The highest BCUT2D eigenvalue weighted by Crippen LogP contribution is 2.56. The molecule has 140 valence electrons. The van der Waals surface area contributed by atoms with Crippen LogP contribution in [0, 0.1) is 0 Å². The molecule has 3 atom stereocenters. The van der Waals surface area contributed by atoms with Crippen LogP contribution in [0.15, 0.2) is 54.6 Å². The summed E-state index contributed by atoms with van der Waals surface area (Å²) in [6.07, 6.45) is -0.114. The Labute approximate surface area is 158 Å². The number of para-hydroxylation sites is 1. The molecule has 2 aromatic carbocycles. The molecule has 0 aliphatic carbocycles. The smallest absolute Gasteiger partial charge is 0.280 e. The Morgan fingerprint density at radius 3 is 2.26 bits per heavy atom. The first kappa shape index (κ1) is 17.5. The molecule has 2 amide bonds. The van der Waals surface area contributed by atoms with Gasteiger partial charge < -0.3 is 20.3 Å². The van der Waals surface area contributed by atoms with Crippen molar-refractivity contribution in [3.8, 4) is 0 Å². The van der Waals surface area contributed by atoms with Crippen LogP contribution < -0.4 is 5.73 Å². The Bertz CT molecular complexity index is 916. The molecule has 6 nitrogen and oxygen atoms in total. The molecule has 2 heterocycles. The van der Waals surface area contributed by atoms with E-state index in [-0.39, 0.29) is 11.8 Å². The number of nitrogens with two attached hydrogens (primary N) is 1. The number of benzene rings is 2. The van der Waals surface area contributed by atoms with Crippen molar-refractivity contribution in [1.29, 1.82) is 0 Å². The van der Waals surface area contributed by atoms with Crippen molar-refractivity contribution in [3.63, 3.8) is 0 Å². The quantitative estimate of drug-likeness (QED) is 0.666. The van der Waals surface area contributed by atoms with Crippen molar-refractivity contribution >= 4 is 17.5 Å². The molecule has 2 aliphatic heterocycles. The van der Waals surface area contributed by atoms with Crippen LogP contribution in [0.2, 0.25) is 0 Å². The molecule has 0 saturated carbocycles. The van der Waals surface area contributed by atoms with Crippen LogP contribution in [0.5, 0.6) is 0 Å². The first-order valence-electron chi connectivity index (χ1n) is 8.95. The minimum Gasteiger partial charge on any atom is -0.398 e. The number of likely N-dealkylation sites (N-methyl/N-ethyl adjacent to an activating group) is 2. The number of ether oxygens (including phenoxy) is 1. The van der Waals surface area contributed by atoms with Crippen molar-refractivity contribution in [2.45, 2.75) is 30.7 Å². The number of nitrogen functional groups attached to an aromatic ring is 1. The number of amides is 2. The molecular formula is C21H23N3O3. The summed E-state index contributed by atoms with van der Waals surface area (Å²) in [6, 6.07) is 17.0. The third kappa shape index (κ3) is 2.36. The Hall–Kier alpha value is -2.86. The fraction of sp³-hybridized carbons (Fsp3) is 0.333. The first-order chi connectivity index (χ1) is 12.8. The van der Waals surface area contributed by atoms with Gasteiger partial charge in [-0.3, -0.25) is 9.59 Å². The fourth-order valence-corrected chi connectivity index (χ4v) is 4.04. The molecule has 0 radical (unpaired) electrons. The second-order valence-electron chi connectivity index (χ2n) is 7.49. The highest BCUT2D eigenvalue weighted by Gasteiger charge is 2.73. The molecule has 6 heteroatoms. The van der Waals surface area contributed by atoms with Gasteiger partial charge >= 0.3 is 0 Å². The van der Waals surface area contributed by atoms with E-state index in [4.69, 9.17) is 10.5 Å². The first-order valence-corrected chi connectivity index (χ1v) is 8.95. The number of hydrogen-bond acceptors (Lipinski definition) is 4. The second-order valence-corrected chi connectivity index (χ2v) is 7.49. The number of hydrogen-bond donors (Lipinski definition) is 1. The maximum atomic E-state index is 13.3. The summed E-state index contributed by atoms with van der Waals surface area (Å²) in [6.45, 7) is 1.80. The maximum absolute atomic E-state index is 13.3. The maximum Gasteiger partial charge on any atom is 0.280 e. The van der Waals surface area contributed by atoms with Gasteiger partial charge in [-0.1, -0.05) is 48.5 Å². The fourth-order valence-electron chi connectivity index (χ4n) is 4.04. The molecule has 0 aromatic heterocycles. The van der Waals surface area contributed by atoms with Crippen LogP contribution in [-0.2, 0) is 20.7 Å². The van der Waals surface area contributed by atoms with Crippen LogP contribution in [0.4, 0.5) is 5.69 Å². The molecule has 2 saturated heterocycles. The molecule has 1 spiro atoms. The van der Waals surface area contributed by atoms with Gasteiger partial charge in [0.25, 0.3) is 17.5 Å². The molecule has 0 bridgehead atoms. The van der Waals surface area contributed by atoms with E-state index < -0.39 is 17.4 Å². The van der Waals surface area contributed by atoms with E-state index in [0.29, 0.717) is 12.1 Å². The summed E-state index contributed by atoms with van der Waals surface area (Å²) in [5.74, 6) is -0.373. The summed E-state index contributed by atoms with van der Waals surface area (Å²) in [7, 11) is 3.31. The van der Waals surface area contributed by atoms with Crippen LogP contribution in [-0.4, -0.2) is 47.0 Å². The molecular weight excluding hydrogens is 342 g/mol. The summed E-state index contributed by atoms with van der Waals surface area (Å²) in [5, 5.41) is 0. The normalized spacial score (nSPS) is 30.1. The van der Waals surface area contributed by atoms with Gasteiger partial charge in [-0.2, -0.15) is 0 Å². The topological polar surface area (TPSA) is 79.2 Å². The van der Waals surface area contributed by atoms with Crippen molar-refractivity contribution in [2.75, 3.05) is 19.8 Å². The number of piperazine rings is 1. The van der Waals surface area contributed by atoms with Crippen LogP contribution in [0.3, 0.4) is 0 Å². The van der Waals surface area contributed by atoms with E-state index >= 15 is 0 Å². The van der Waals surface area contributed by atoms with E-state index in [0.717, 1.165) is 11.1 Å². The lowest BCUT2D eigenvalue weighted by atomic mass is 9.85. The number of carbonyl (C=O) groups is 2. The predicted octanol–water partition coefficient (Wildman–Crippen LogP) is 1.97. The number of nitrogens with zero attached hydrogens (tertiary/aromatic N) is 2. The molecule has 2 N–H and O–H groups in total. The standard InChI is InChI=1S/C21H23N3O3/c1-20(13-14-9-5-4-6-10-14)18(25)24(3)21(19(26)23(20)2)17(27-21)15-11-7-8-12-16(15)22/h4-12,17H,13,22H2,1-3H3. The zero-order valence-electron chi connectivity index (χ0n) is 15.7. The minimum atomic E-state index is -1.31. The third-order valence-corrected chi connectivity index (χ3v) is 5.88. The van der Waals surface area contributed by atoms with Crippen molar-refractivity contribution in [3.05, 3.63) is 65.7 Å². The zero-order chi connectivity index (χ0) is 19.4. The van der Waals surface area contributed by atoms with Gasteiger partial charge in [0.2, 0.25) is 0 Å². The van der Waals surface area contributed by atoms with E-state index in [9.17, 15) is 9.59 Å². The van der Waals surface area contributed by atoms with Crippen molar-refractivity contribution in [2.24, 2.45) is 0 Å². The SMILES string of the molecule is CN1C(=O)C2(OC2c2ccccc2N)N(C)C(=O)C1(C)Cc1ccccc1. The lowest BCUT2D eigenvalue weighted by molar-refractivity contribution is -0.174. The molecule has 2 aliphatic rings. The average molecular weight is 365 g/mol. The van der Waals surface area contributed by atoms with Crippen LogP contribution in [0.25, 0.3) is 0 Å². The van der Waals surface area contributed by atoms with Gasteiger partial charge in [0.1, 0.15) is 11.6 Å². The Balaban J connectivity index is 1.68. The van der Waals surface area contributed by atoms with Gasteiger partial charge in [-0.05, 0) is 18.6 Å². The van der Waals surface area contributed by atoms with E-state index in [1.807, 2.05) is 48.5 Å². The number of rotatable bonds is 3. The summed E-state index contributed by atoms with van der Waals surface area (Å²) in [5.41, 5.74) is 6.05. The Morgan fingerprint density at radius 2 is 1.59 bits per heavy atom. The van der Waals surface area contributed by atoms with Gasteiger partial charge in [-0.25, -0.2) is 0 Å². The summed E-state index contributed by atoms with van der Waals surface area (Å²) >= 11 is 0. The molecule has 27 heavy (non-hydrogen) atoms. The average Bonchev–Trinajstić information content (AvgIpc) is 3.42. The van der Waals surface area contributed by atoms with Gasteiger partial charge in [0.05, 0.1) is 0 Å². The van der Waals surface area contributed by atoms with Gasteiger partial charge in [0, 0.05) is 31.8 Å². The molecule has 2 aromatic rings. The highest BCUT2D eigenvalue weighted by molar-refractivity contribution is 6.03. The minimum absolute atomic E-state index is 0.148. The highest BCUT2D eigenvalue weighted by atomic mass is 16.6. The third-order valence-electron chi connectivity index (χ3n) is 5.88. The van der Waals surface area contributed by atoms with Crippen LogP contribution >= 0.6 is 0 Å². The lowest BCUT2D eigenvalue weighted by Gasteiger charge is -2.47. The monoisotopic (exact) mass is 365 g/mol. The van der Waals surface area contributed by atoms with E-state index in [1.165, 1.54) is 9.80 Å². The van der Waals surface area contributed by atoms with Crippen LogP contribution in [0.1, 0.15) is 24.2 Å². The second kappa shape index (κ2) is 5.82. The molecule has 4 rings (SSSR count). The Kier molecular flexibility index (Phi) is 3.78. The van der Waals surface area contributed by atoms with E-state index in [1.54, 1.807) is 27.1 Å². The summed E-state index contributed by atoms with van der Waals surface area (Å²) < 4.78 is 5.86. The summed E-state index contributed by atoms with van der Waals surface area (Å²) in [4.78, 5) is 29.7. The largest absolute Gasteiger partial charge is 0.398 e. The number of anilines is 1. The number of carbonyl (C=O) groups excluding carboxylic acids is 2. The number of epoxide rings is 1. The lowest BCUT2D eigenvalue weighted by Crippen LogP contribution is -2.71. The molecule has 3 unspecified atom stereocenters. The zero-order valence-corrected chi connectivity index (χ0v) is 15.7. The van der Waals surface area contributed by atoms with Gasteiger partial charge in [-0.15, -0.1) is 0 Å². The van der Waals surface area contributed by atoms with E-state index in [2.05, 4.69) is 0 Å². The predicted molar refractivity (Wildman–Crippen MR) is 102 cm³/mol. The van der Waals surface area contributed by atoms with Crippen molar-refractivity contribution < 1.29 is 14.3 Å². The van der Waals surface area contributed by atoms with Gasteiger partial charge in [0.15, 0.2) is 0 Å². The van der Waals surface area contributed by atoms with Crippen molar-refractivity contribution in [1.82, 2.24) is 9.80 Å².